The third-order valence-corrected chi connectivity index (χ3v) is 6.50. The van der Waals surface area contributed by atoms with E-state index in [0.29, 0.717) is 4.88 Å². The van der Waals surface area contributed by atoms with Gasteiger partial charge in [-0.1, -0.05) is 23.7 Å². The van der Waals surface area contributed by atoms with Gasteiger partial charge in [-0.2, -0.15) is 13.2 Å². The Labute approximate surface area is 170 Å². The number of alkyl halides is 3. The number of halogens is 4. The summed E-state index contributed by atoms with van der Waals surface area (Å²) in [5.41, 5.74) is -0.0948. The van der Waals surface area contributed by atoms with Gasteiger partial charge in [0.25, 0.3) is 5.91 Å². The number of amides is 1. The van der Waals surface area contributed by atoms with E-state index in [2.05, 4.69) is 10.3 Å². The number of hydrogen-bond acceptors (Lipinski definition) is 4. The number of hydrogen-bond donors (Lipinski definition) is 1. The number of nitrogens with one attached hydrogen (secondary N) is 1. The van der Waals surface area contributed by atoms with Crippen LogP contribution in [0.3, 0.4) is 0 Å². The number of anilines is 1. The van der Waals surface area contributed by atoms with Gasteiger partial charge in [-0.05, 0) is 42.5 Å². The third kappa shape index (κ3) is 3.76. The normalized spacial score (nSPS) is 11.7. The summed E-state index contributed by atoms with van der Waals surface area (Å²) in [6.07, 6.45) is -4.52. The second-order valence-corrected chi connectivity index (χ2v) is 8.32. The van der Waals surface area contributed by atoms with Crippen LogP contribution in [0.5, 0.6) is 0 Å². The Balaban J connectivity index is 1.58. The predicted octanol–water partition coefficient (Wildman–Crippen LogP) is 6.95. The van der Waals surface area contributed by atoms with Crippen molar-refractivity contribution in [2.45, 2.75) is 6.18 Å². The van der Waals surface area contributed by atoms with Crippen molar-refractivity contribution < 1.29 is 18.0 Å². The summed E-state index contributed by atoms with van der Waals surface area (Å²) in [7, 11) is 0. The average Bonchev–Trinajstić information content (AvgIpc) is 3.29. The van der Waals surface area contributed by atoms with Gasteiger partial charge in [0.2, 0.25) is 0 Å². The molecule has 9 heteroatoms. The summed E-state index contributed by atoms with van der Waals surface area (Å²) < 4.78 is 39.7. The number of thiazole rings is 1. The number of rotatable bonds is 3. The van der Waals surface area contributed by atoms with Crippen LogP contribution in [0.4, 0.5) is 18.9 Å². The molecule has 0 bridgehead atoms. The molecule has 0 saturated carbocycles. The first kappa shape index (κ1) is 18.9. The number of para-hydroxylation sites is 1. The smallest absolute Gasteiger partial charge is 0.320 e. The van der Waals surface area contributed by atoms with Crippen LogP contribution >= 0.6 is 34.3 Å². The van der Waals surface area contributed by atoms with E-state index in [-0.39, 0.29) is 10.7 Å². The SMILES string of the molecule is O=C(Nc1cc(C(F)(F)F)ccc1Cl)c1ccc(-c2nc3ccccc3s2)s1. The zero-order chi connectivity index (χ0) is 19.9. The lowest BCUT2D eigenvalue weighted by Crippen LogP contribution is -2.12. The molecule has 0 radical (unpaired) electrons. The number of aromatic nitrogens is 1. The molecule has 1 N–H and O–H groups in total. The van der Waals surface area contributed by atoms with E-state index in [1.54, 1.807) is 12.1 Å². The summed E-state index contributed by atoms with van der Waals surface area (Å²) in [6, 6.07) is 13.9. The summed E-state index contributed by atoms with van der Waals surface area (Å²) in [6.45, 7) is 0. The van der Waals surface area contributed by atoms with E-state index in [9.17, 15) is 18.0 Å². The van der Waals surface area contributed by atoms with E-state index in [1.165, 1.54) is 22.7 Å². The van der Waals surface area contributed by atoms with Gasteiger partial charge >= 0.3 is 6.18 Å². The minimum atomic E-state index is -4.52. The van der Waals surface area contributed by atoms with Crippen LogP contribution in [-0.2, 0) is 6.18 Å². The van der Waals surface area contributed by atoms with Crippen molar-refractivity contribution >= 4 is 56.1 Å². The molecule has 28 heavy (non-hydrogen) atoms. The number of thiophene rings is 1. The first-order valence-electron chi connectivity index (χ1n) is 7.95. The largest absolute Gasteiger partial charge is 0.416 e. The fourth-order valence-electron chi connectivity index (χ4n) is 2.53. The molecule has 0 fully saturated rings. The summed E-state index contributed by atoms with van der Waals surface area (Å²) in [5.74, 6) is -0.529. The molecule has 0 atom stereocenters. The maximum atomic E-state index is 12.9. The van der Waals surface area contributed by atoms with Crippen molar-refractivity contribution in [1.82, 2.24) is 4.98 Å². The van der Waals surface area contributed by atoms with Crippen molar-refractivity contribution in [2.75, 3.05) is 5.32 Å². The van der Waals surface area contributed by atoms with Gasteiger partial charge in [0.1, 0.15) is 5.01 Å². The molecular formula is C19H10ClF3N2OS2. The van der Waals surface area contributed by atoms with Crippen molar-refractivity contribution in [2.24, 2.45) is 0 Å². The summed E-state index contributed by atoms with van der Waals surface area (Å²) >= 11 is 8.66. The van der Waals surface area contributed by atoms with Crippen molar-refractivity contribution in [3.05, 3.63) is 70.1 Å². The average molecular weight is 439 g/mol. The topological polar surface area (TPSA) is 42.0 Å². The summed E-state index contributed by atoms with van der Waals surface area (Å²) in [4.78, 5) is 18.2. The lowest BCUT2D eigenvalue weighted by atomic mass is 10.2. The van der Waals surface area contributed by atoms with Crippen LogP contribution in [0, 0.1) is 0 Å². The highest BCUT2D eigenvalue weighted by atomic mass is 35.5. The number of carbonyl (C=O) groups excluding carboxylic acids is 1. The van der Waals surface area contributed by atoms with E-state index < -0.39 is 17.6 Å². The standard InChI is InChI=1S/C19H10ClF3N2OS2/c20-11-6-5-10(19(21,22)23)9-13(11)24-17(26)15-7-8-16(27-15)18-25-12-3-1-2-4-14(12)28-18/h1-9H,(H,24,26). The van der Waals surface area contributed by atoms with Gasteiger partial charge in [0.15, 0.2) is 0 Å². The molecule has 4 aromatic rings. The monoisotopic (exact) mass is 438 g/mol. The third-order valence-electron chi connectivity index (χ3n) is 3.88. The lowest BCUT2D eigenvalue weighted by molar-refractivity contribution is -0.137. The Morgan fingerprint density at radius 1 is 1.04 bits per heavy atom. The summed E-state index contributed by atoms with van der Waals surface area (Å²) in [5, 5.41) is 3.26. The Kier molecular flexibility index (Phi) is 4.86. The first-order valence-corrected chi connectivity index (χ1v) is 9.96. The van der Waals surface area contributed by atoms with Crippen LogP contribution in [0.2, 0.25) is 5.02 Å². The molecule has 142 valence electrons. The van der Waals surface area contributed by atoms with Crippen molar-refractivity contribution in [3.8, 4) is 9.88 Å². The maximum Gasteiger partial charge on any atom is 0.416 e. The highest BCUT2D eigenvalue weighted by molar-refractivity contribution is 7.26. The fourth-order valence-corrected chi connectivity index (χ4v) is 4.62. The van der Waals surface area contributed by atoms with Crippen LogP contribution in [0.1, 0.15) is 15.2 Å². The number of benzene rings is 2. The molecule has 2 aromatic carbocycles. The fraction of sp³-hybridized carbons (Fsp3) is 0.0526. The molecule has 4 rings (SSSR count). The van der Waals surface area contributed by atoms with E-state index in [4.69, 9.17) is 11.6 Å². The first-order chi connectivity index (χ1) is 13.3. The van der Waals surface area contributed by atoms with Gasteiger partial charge in [0, 0.05) is 0 Å². The molecule has 0 aliphatic carbocycles. The van der Waals surface area contributed by atoms with Crippen molar-refractivity contribution in [3.63, 3.8) is 0 Å². The molecule has 0 spiro atoms. The Morgan fingerprint density at radius 2 is 1.82 bits per heavy atom. The minimum Gasteiger partial charge on any atom is -0.320 e. The van der Waals surface area contributed by atoms with E-state index in [0.717, 1.165) is 38.3 Å². The number of nitrogens with zero attached hydrogens (tertiary/aromatic N) is 1. The van der Waals surface area contributed by atoms with Gasteiger partial charge in [-0.25, -0.2) is 4.98 Å². The molecule has 2 aromatic heterocycles. The zero-order valence-corrected chi connectivity index (χ0v) is 16.3. The van der Waals surface area contributed by atoms with Crippen LogP contribution in [0.25, 0.3) is 20.1 Å². The molecule has 0 saturated heterocycles. The van der Waals surface area contributed by atoms with Gasteiger partial charge in [-0.3, -0.25) is 4.79 Å². The van der Waals surface area contributed by atoms with E-state index in [1.807, 2.05) is 24.3 Å². The molecule has 0 aliphatic rings. The van der Waals surface area contributed by atoms with Crippen LogP contribution in [0.15, 0.2) is 54.6 Å². The van der Waals surface area contributed by atoms with Crippen LogP contribution in [-0.4, -0.2) is 10.9 Å². The molecule has 3 nitrogen and oxygen atoms in total. The van der Waals surface area contributed by atoms with Gasteiger partial charge < -0.3 is 5.32 Å². The highest BCUT2D eigenvalue weighted by Crippen LogP contribution is 2.36. The molecule has 2 heterocycles. The second kappa shape index (κ2) is 7.20. The van der Waals surface area contributed by atoms with E-state index >= 15 is 0 Å². The lowest BCUT2D eigenvalue weighted by Gasteiger charge is -2.11. The number of fused-ring (bicyclic) bond motifs is 1. The maximum absolute atomic E-state index is 12.9. The molecule has 1 amide bonds. The predicted molar refractivity (Wildman–Crippen MR) is 107 cm³/mol. The number of carbonyl (C=O) groups is 1. The zero-order valence-electron chi connectivity index (χ0n) is 13.9. The van der Waals surface area contributed by atoms with Crippen molar-refractivity contribution in [1.29, 1.82) is 0 Å². The Bertz CT molecular complexity index is 1150. The quantitative estimate of drug-likeness (QED) is 0.376. The Morgan fingerprint density at radius 3 is 2.57 bits per heavy atom. The van der Waals surface area contributed by atoms with Gasteiger partial charge in [-0.15, -0.1) is 22.7 Å². The van der Waals surface area contributed by atoms with Gasteiger partial charge in [0.05, 0.1) is 36.2 Å². The second-order valence-electron chi connectivity index (χ2n) is 5.80. The van der Waals surface area contributed by atoms with Crippen LogP contribution < -0.4 is 5.32 Å². The molecule has 0 aliphatic heterocycles. The minimum absolute atomic E-state index is 0.0318. The molecule has 0 unspecified atom stereocenters. The Hall–Kier alpha value is -2.42. The highest BCUT2D eigenvalue weighted by Gasteiger charge is 2.31. The molecular weight excluding hydrogens is 429 g/mol.